The fraction of sp³-hybridized carbons (Fsp3) is 0.263. The lowest BCUT2D eigenvalue weighted by Crippen LogP contribution is -2.38. The van der Waals surface area contributed by atoms with Gasteiger partial charge in [-0.1, -0.05) is 12.1 Å². The van der Waals surface area contributed by atoms with Crippen molar-refractivity contribution in [3.8, 4) is 5.75 Å². The lowest BCUT2D eigenvalue weighted by atomic mass is 10.1. The number of hydrogen-bond donors (Lipinski definition) is 2. The molecular formula is C19H21N3O5. The molecule has 0 saturated carbocycles. The Morgan fingerprint density at radius 1 is 1.07 bits per heavy atom. The van der Waals surface area contributed by atoms with Crippen LogP contribution in [0.15, 0.2) is 42.5 Å². The van der Waals surface area contributed by atoms with E-state index in [9.17, 15) is 19.7 Å². The summed E-state index contributed by atoms with van der Waals surface area (Å²) >= 11 is 0. The number of nitrogens with one attached hydrogen (secondary N) is 2. The SMILES string of the molecule is Cc1cc(C)cc(OCCNC(=O)CNC(=O)c2cccc([N+](=O)[O-])c2)c1. The molecule has 0 aliphatic rings. The minimum absolute atomic E-state index is 0.121. The first kappa shape index (κ1) is 19.9. The molecule has 0 atom stereocenters. The topological polar surface area (TPSA) is 111 Å². The predicted octanol–water partition coefficient (Wildman–Crippen LogP) is 2.14. The van der Waals surface area contributed by atoms with Crippen LogP contribution in [-0.2, 0) is 4.79 Å². The second kappa shape index (κ2) is 9.33. The van der Waals surface area contributed by atoms with Gasteiger partial charge in [0, 0.05) is 17.7 Å². The van der Waals surface area contributed by atoms with Crippen LogP contribution in [0.1, 0.15) is 21.5 Å². The van der Waals surface area contributed by atoms with Crippen molar-refractivity contribution >= 4 is 17.5 Å². The van der Waals surface area contributed by atoms with Gasteiger partial charge in [-0.15, -0.1) is 0 Å². The van der Waals surface area contributed by atoms with E-state index in [1.165, 1.54) is 18.2 Å². The molecule has 0 aromatic heterocycles. The number of carbonyl (C=O) groups excluding carboxylic acids is 2. The van der Waals surface area contributed by atoms with E-state index < -0.39 is 10.8 Å². The summed E-state index contributed by atoms with van der Waals surface area (Å²) in [5.74, 6) is -0.195. The van der Waals surface area contributed by atoms with Crippen molar-refractivity contribution in [1.29, 1.82) is 0 Å². The third kappa shape index (κ3) is 6.43. The highest BCUT2D eigenvalue weighted by Crippen LogP contribution is 2.16. The minimum atomic E-state index is -0.584. The number of non-ortho nitro benzene ring substituents is 1. The quantitative estimate of drug-likeness (QED) is 0.420. The third-order valence-electron chi connectivity index (χ3n) is 3.62. The molecule has 8 nitrogen and oxygen atoms in total. The van der Waals surface area contributed by atoms with Crippen molar-refractivity contribution < 1.29 is 19.2 Å². The van der Waals surface area contributed by atoms with E-state index in [-0.39, 0.29) is 23.7 Å². The molecule has 8 heteroatoms. The van der Waals surface area contributed by atoms with Gasteiger partial charge in [0.2, 0.25) is 5.91 Å². The summed E-state index contributed by atoms with van der Waals surface area (Å²) in [6, 6.07) is 11.2. The Bertz CT molecular complexity index is 831. The Balaban J connectivity index is 1.72. The zero-order valence-corrected chi connectivity index (χ0v) is 15.2. The van der Waals surface area contributed by atoms with Crippen molar-refractivity contribution in [2.45, 2.75) is 13.8 Å². The van der Waals surface area contributed by atoms with Crippen LogP contribution < -0.4 is 15.4 Å². The van der Waals surface area contributed by atoms with Gasteiger partial charge in [0.25, 0.3) is 11.6 Å². The monoisotopic (exact) mass is 371 g/mol. The second-order valence-electron chi connectivity index (χ2n) is 6.01. The van der Waals surface area contributed by atoms with Crippen LogP contribution in [0.3, 0.4) is 0 Å². The zero-order chi connectivity index (χ0) is 19.8. The van der Waals surface area contributed by atoms with E-state index in [1.54, 1.807) is 0 Å². The summed E-state index contributed by atoms with van der Waals surface area (Å²) in [6.45, 7) is 4.31. The molecule has 2 aromatic carbocycles. The molecule has 0 unspecified atom stereocenters. The lowest BCUT2D eigenvalue weighted by molar-refractivity contribution is -0.384. The number of benzene rings is 2. The molecule has 0 fully saturated rings. The first-order chi connectivity index (χ1) is 12.8. The molecule has 27 heavy (non-hydrogen) atoms. The Labute approximate surface area is 156 Å². The van der Waals surface area contributed by atoms with E-state index in [0.717, 1.165) is 22.9 Å². The van der Waals surface area contributed by atoms with Crippen molar-refractivity contribution in [1.82, 2.24) is 10.6 Å². The number of carbonyl (C=O) groups is 2. The first-order valence-electron chi connectivity index (χ1n) is 8.35. The molecule has 2 amide bonds. The van der Waals surface area contributed by atoms with Crippen LogP contribution in [0.4, 0.5) is 5.69 Å². The maximum absolute atomic E-state index is 12.0. The predicted molar refractivity (Wildman–Crippen MR) is 99.9 cm³/mol. The average molecular weight is 371 g/mol. The van der Waals surface area contributed by atoms with Gasteiger partial charge in [-0.05, 0) is 43.2 Å². The highest BCUT2D eigenvalue weighted by atomic mass is 16.6. The third-order valence-corrected chi connectivity index (χ3v) is 3.62. The van der Waals surface area contributed by atoms with Crippen LogP contribution in [0, 0.1) is 24.0 Å². The van der Waals surface area contributed by atoms with E-state index in [2.05, 4.69) is 10.6 Å². The number of rotatable bonds is 8. The fourth-order valence-electron chi connectivity index (χ4n) is 2.46. The summed E-state index contributed by atoms with van der Waals surface area (Å²) in [7, 11) is 0. The van der Waals surface area contributed by atoms with E-state index in [4.69, 9.17) is 4.74 Å². The van der Waals surface area contributed by atoms with Crippen molar-refractivity contribution in [3.05, 3.63) is 69.3 Å². The number of hydrogen-bond acceptors (Lipinski definition) is 5. The lowest BCUT2D eigenvalue weighted by Gasteiger charge is -2.10. The number of amides is 2. The Hall–Kier alpha value is -3.42. The number of aryl methyl sites for hydroxylation is 2. The molecule has 0 aliphatic carbocycles. The van der Waals surface area contributed by atoms with Crippen LogP contribution in [-0.4, -0.2) is 36.4 Å². The molecule has 0 aliphatic heterocycles. The summed E-state index contributed by atoms with van der Waals surface area (Å²) < 4.78 is 5.58. The molecule has 0 heterocycles. The summed E-state index contributed by atoms with van der Waals surface area (Å²) in [5.41, 5.74) is 2.13. The first-order valence-corrected chi connectivity index (χ1v) is 8.35. The van der Waals surface area contributed by atoms with Gasteiger partial charge < -0.3 is 15.4 Å². The van der Waals surface area contributed by atoms with Crippen LogP contribution >= 0.6 is 0 Å². The van der Waals surface area contributed by atoms with Gasteiger partial charge in [0.15, 0.2) is 0 Å². The van der Waals surface area contributed by atoms with Gasteiger partial charge in [0.05, 0.1) is 18.0 Å². The highest BCUT2D eigenvalue weighted by Gasteiger charge is 2.12. The minimum Gasteiger partial charge on any atom is -0.492 e. The van der Waals surface area contributed by atoms with Crippen LogP contribution in [0.5, 0.6) is 5.75 Å². The van der Waals surface area contributed by atoms with Gasteiger partial charge >= 0.3 is 0 Å². The number of ether oxygens (including phenoxy) is 1. The molecular weight excluding hydrogens is 350 g/mol. The normalized spacial score (nSPS) is 10.1. The Morgan fingerprint density at radius 2 is 1.78 bits per heavy atom. The molecule has 0 spiro atoms. The van der Waals surface area contributed by atoms with Crippen LogP contribution in [0.25, 0.3) is 0 Å². The summed E-state index contributed by atoms with van der Waals surface area (Å²) in [5, 5.41) is 15.8. The maximum Gasteiger partial charge on any atom is 0.270 e. The fourth-order valence-corrected chi connectivity index (χ4v) is 2.46. The van der Waals surface area contributed by atoms with Gasteiger partial charge in [-0.3, -0.25) is 19.7 Å². The van der Waals surface area contributed by atoms with E-state index in [0.29, 0.717) is 13.2 Å². The van der Waals surface area contributed by atoms with Crippen molar-refractivity contribution in [3.63, 3.8) is 0 Å². The number of nitro groups is 1. The Morgan fingerprint density at radius 3 is 2.44 bits per heavy atom. The van der Waals surface area contributed by atoms with Gasteiger partial charge in [0.1, 0.15) is 12.4 Å². The molecule has 0 saturated heterocycles. The highest BCUT2D eigenvalue weighted by molar-refractivity contribution is 5.96. The maximum atomic E-state index is 12.0. The molecule has 0 radical (unpaired) electrons. The number of nitrogens with zero attached hydrogens (tertiary/aromatic N) is 1. The van der Waals surface area contributed by atoms with E-state index in [1.807, 2.05) is 32.0 Å². The Kier molecular flexibility index (Phi) is 6.87. The smallest absolute Gasteiger partial charge is 0.270 e. The summed E-state index contributed by atoms with van der Waals surface area (Å²) in [6.07, 6.45) is 0. The zero-order valence-electron chi connectivity index (χ0n) is 15.2. The van der Waals surface area contributed by atoms with Crippen molar-refractivity contribution in [2.24, 2.45) is 0 Å². The van der Waals surface area contributed by atoms with Crippen LogP contribution in [0.2, 0.25) is 0 Å². The van der Waals surface area contributed by atoms with Crippen molar-refractivity contribution in [2.75, 3.05) is 19.7 Å². The molecule has 142 valence electrons. The molecule has 2 rings (SSSR count). The molecule has 0 bridgehead atoms. The van der Waals surface area contributed by atoms with Gasteiger partial charge in [-0.2, -0.15) is 0 Å². The average Bonchev–Trinajstić information content (AvgIpc) is 2.62. The number of nitro benzene ring substituents is 1. The second-order valence-corrected chi connectivity index (χ2v) is 6.01. The molecule has 2 N–H and O–H groups in total. The van der Waals surface area contributed by atoms with E-state index >= 15 is 0 Å². The van der Waals surface area contributed by atoms with Gasteiger partial charge in [-0.25, -0.2) is 0 Å². The summed E-state index contributed by atoms with van der Waals surface area (Å²) in [4.78, 5) is 33.9. The molecule has 2 aromatic rings. The standard InChI is InChI=1S/C19H21N3O5/c1-13-8-14(2)10-17(9-13)27-7-6-20-18(23)12-21-19(24)15-4-3-5-16(11-15)22(25)26/h3-5,8-11H,6-7,12H2,1-2H3,(H,20,23)(H,21,24). The largest absolute Gasteiger partial charge is 0.492 e.